The van der Waals surface area contributed by atoms with E-state index in [4.69, 9.17) is 0 Å². The van der Waals surface area contributed by atoms with Gasteiger partial charge in [-0.2, -0.15) is 0 Å². The van der Waals surface area contributed by atoms with Crippen molar-refractivity contribution in [3.63, 3.8) is 0 Å². The predicted octanol–water partition coefficient (Wildman–Crippen LogP) is 3.26. The highest BCUT2D eigenvalue weighted by Crippen LogP contribution is 2.30. The zero-order valence-corrected chi connectivity index (χ0v) is 12.2. The molecule has 2 heterocycles. The molecular formula is C14H20N2OS. The molecule has 2 aromatic rings. The van der Waals surface area contributed by atoms with Crippen LogP contribution < -0.4 is 0 Å². The number of nitrogens with zero attached hydrogens (tertiary/aromatic N) is 2. The van der Waals surface area contributed by atoms with Gasteiger partial charge in [0.25, 0.3) is 0 Å². The van der Waals surface area contributed by atoms with Gasteiger partial charge in [0, 0.05) is 16.7 Å². The van der Waals surface area contributed by atoms with Gasteiger partial charge in [0.05, 0.1) is 11.8 Å². The first-order valence-electron chi connectivity index (χ1n) is 6.36. The second-order valence-corrected chi connectivity index (χ2v) is 6.47. The predicted molar refractivity (Wildman–Crippen MR) is 76.1 cm³/mol. The van der Waals surface area contributed by atoms with Crippen LogP contribution in [0.1, 0.15) is 36.4 Å². The van der Waals surface area contributed by atoms with Crippen molar-refractivity contribution >= 4 is 21.6 Å². The van der Waals surface area contributed by atoms with Crippen molar-refractivity contribution in [1.29, 1.82) is 0 Å². The number of fused-ring (bicyclic) bond motifs is 1. The highest BCUT2D eigenvalue weighted by atomic mass is 32.1. The van der Waals surface area contributed by atoms with E-state index < -0.39 is 0 Å². The van der Waals surface area contributed by atoms with Gasteiger partial charge in [-0.25, -0.2) is 9.97 Å². The Kier molecular flexibility index (Phi) is 3.97. The van der Waals surface area contributed by atoms with Crippen LogP contribution in [0.3, 0.4) is 0 Å². The van der Waals surface area contributed by atoms with Crippen molar-refractivity contribution in [2.75, 3.05) is 0 Å². The molecule has 0 aliphatic carbocycles. The second-order valence-electron chi connectivity index (χ2n) is 5.27. The third-order valence-electron chi connectivity index (χ3n) is 3.22. The minimum absolute atomic E-state index is 0.317. The average Bonchev–Trinajstić information content (AvgIpc) is 2.54. The molecule has 1 N–H and O–H groups in total. The number of hydrogen-bond donors (Lipinski definition) is 1. The molecule has 2 aromatic heterocycles. The Morgan fingerprint density at radius 1 is 1.28 bits per heavy atom. The lowest BCUT2D eigenvalue weighted by molar-refractivity contribution is 0.148. The van der Waals surface area contributed by atoms with Gasteiger partial charge in [0.2, 0.25) is 0 Å². The minimum Gasteiger partial charge on any atom is -0.393 e. The molecule has 1 unspecified atom stereocenters. The summed E-state index contributed by atoms with van der Waals surface area (Å²) in [6, 6.07) is 0. The molecule has 0 radical (unpaired) electrons. The molecule has 0 saturated carbocycles. The molecule has 0 amide bonds. The molecular weight excluding hydrogens is 244 g/mol. The van der Waals surface area contributed by atoms with Crippen molar-refractivity contribution in [2.24, 2.45) is 5.92 Å². The van der Waals surface area contributed by atoms with Crippen LogP contribution in [-0.2, 0) is 6.42 Å². The van der Waals surface area contributed by atoms with E-state index in [-0.39, 0.29) is 6.10 Å². The van der Waals surface area contributed by atoms with Crippen molar-refractivity contribution < 1.29 is 5.11 Å². The third kappa shape index (κ3) is 2.70. The molecule has 0 bridgehead atoms. The maximum absolute atomic E-state index is 10.1. The van der Waals surface area contributed by atoms with Crippen molar-refractivity contribution in [3.05, 3.63) is 22.5 Å². The fraction of sp³-hybridized carbons (Fsp3) is 0.571. The fourth-order valence-corrected chi connectivity index (χ4v) is 3.28. The number of aliphatic hydroxyl groups excluding tert-OH is 1. The monoisotopic (exact) mass is 264 g/mol. The van der Waals surface area contributed by atoms with E-state index in [9.17, 15) is 5.11 Å². The quantitative estimate of drug-likeness (QED) is 0.922. The molecule has 98 valence electrons. The van der Waals surface area contributed by atoms with Crippen LogP contribution in [0.5, 0.6) is 0 Å². The number of aryl methyl sites for hydroxylation is 2. The standard InChI is InChI=1S/C14H20N2OS/c1-8(2)5-11(17)6-12-13-9(3)10(4)18-14(13)16-7-15-12/h7-8,11,17H,5-6H2,1-4H3. The normalized spacial score (nSPS) is 13.4. The maximum atomic E-state index is 10.1. The number of aliphatic hydroxyl groups is 1. The van der Waals surface area contributed by atoms with Crippen LogP contribution in [0.25, 0.3) is 10.2 Å². The Balaban J connectivity index is 2.33. The SMILES string of the molecule is Cc1sc2ncnc(CC(O)CC(C)C)c2c1C. The molecule has 3 nitrogen and oxygen atoms in total. The number of hydrogen-bond acceptors (Lipinski definition) is 4. The van der Waals surface area contributed by atoms with Crippen molar-refractivity contribution in [1.82, 2.24) is 9.97 Å². The van der Waals surface area contributed by atoms with E-state index in [2.05, 4.69) is 37.7 Å². The first-order chi connectivity index (χ1) is 8.49. The summed E-state index contributed by atoms with van der Waals surface area (Å²) < 4.78 is 0. The van der Waals surface area contributed by atoms with Crippen LogP contribution >= 0.6 is 11.3 Å². The van der Waals surface area contributed by atoms with Gasteiger partial charge in [0.1, 0.15) is 11.2 Å². The van der Waals surface area contributed by atoms with Gasteiger partial charge < -0.3 is 5.11 Å². The molecule has 0 saturated heterocycles. The van der Waals surface area contributed by atoms with Gasteiger partial charge >= 0.3 is 0 Å². The molecule has 0 fully saturated rings. The van der Waals surface area contributed by atoms with Crippen LogP contribution in [0.4, 0.5) is 0 Å². The molecule has 4 heteroatoms. The zero-order chi connectivity index (χ0) is 13.3. The molecule has 0 aliphatic heterocycles. The molecule has 0 aliphatic rings. The lowest BCUT2D eigenvalue weighted by Gasteiger charge is -2.13. The number of aromatic nitrogens is 2. The van der Waals surface area contributed by atoms with Gasteiger partial charge in [-0.15, -0.1) is 11.3 Å². The molecule has 2 rings (SSSR count). The first-order valence-corrected chi connectivity index (χ1v) is 7.18. The average molecular weight is 264 g/mol. The first kappa shape index (κ1) is 13.4. The van der Waals surface area contributed by atoms with Crippen molar-refractivity contribution in [3.8, 4) is 0 Å². The molecule has 1 atom stereocenters. The minimum atomic E-state index is -0.317. The van der Waals surface area contributed by atoms with E-state index >= 15 is 0 Å². The summed E-state index contributed by atoms with van der Waals surface area (Å²) in [6.07, 6.45) is 2.72. The van der Waals surface area contributed by atoms with Crippen LogP contribution in [0, 0.1) is 19.8 Å². The summed E-state index contributed by atoms with van der Waals surface area (Å²) in [5.74, 6) is 0.502. The van der Waals surface area contributed by atoms with E-state index in [1.165, 1.54) is 10.4 Å². The van der Waals surface area contributed by atoms with Crippen LogP contribution in [0.2, 0.25) is 0 Å². The molecule has 18 heavy (non-hydrogen) atoms. The fourth-order valence-electron chi connectivity index (χ4n) is 2.26. The summed E-state index contributed by atoms with van der Waals surface area (Å²) in [6.45, 7) is 8.46. The van der Waals surface area contributed by atoms with Gasteiger partial charge in [-0.3, -0.25) is 0 Å². The maximum Gasteiger partial charge on any atom is 0.127 e. The summed E-state index contributed by atoms with van der Waals surface area (Å²) in [5.41, 5.74) is 2.23. The third-order valence-corrected chi connectivity index (χ3v) is 4.33. The van der Waals surface area contributed by atoms with E-state index in [1.54, 1.807) is 17.7 Å². The molecule has 0 aromatic carbocycles. The number of thiophene rings is 1. The lowest BCUT2D eigenvalue weighted by Crippen LogP contribution is -2.14. The summed E-state index contributed by atoms with van der Waals surface area (Å²) >= 11 is 1.70. The van der Waals surface area contributed by atoms with Crippen LogP contribution in [-0.4, -0.2) is 21.2 Å². The Bertz CT molecular complexity index is 548. The lowest BCUT2D eigenvalue weighted by atomic mass is 10.0. The Labute approximate surface area is 112 Å². The number of rotatable bonds is 4. The smallest absolute Gasteiger partial charge is 0.127 e. The Hall–Kier alpha value is -1.00. The summed E-state index contributed by atoms with van der Waals surface area (Å²) in [7, 11) is 0. The van der Waals surface area contributed by atoms with E-state index in [0.717, 1.165) is 22.3 Å². The Morgan fingerprint density at radius 3 is 2.67 bits per heavy atom. The second kappa shape index (κ2) is 5.33. The topological polar surface area (TPSA) is 46.0 Å². The van der Waals surface area contributed by atoms with E-state index in [1.807, 2.05) is 0 Å². The van der Waals surface area contributed by atoms with Crippen molar-refractivity contribution in [2.45, 2.75) is 46.6 Å². The zero-order valence-electron chi connectivity index (χ0n) is 11.4. The Morgan fingerprint density at radius 2 is 2.00 bits per heavy atom. The van der Waals surface area contributed by atoms with E-state index in [0.29, 0.717) is 12.3 Å². The highest BCUT2D eigenvalue weighted by molar-refractivity contribution is 7.18. The van der Waals surface area contributed by atoms with Crippen LogP contribution in [0.15, 0.2) is 6.33 Å². The largest absolute Gasteiger partial charge is 0.393 e. The summed E-state index contributed by atoms with van der Waals surface area (Å²) in [4.78, 5) is 11.0. The van der Waals surface area contributed by atoms with Gasteiger partial charge in [0.15, 0.2) is 0 Å². The highest BCUT2D eigenvalue weighted by Gasteiger charge is 2.15. The summed E-state index contributed by atoms with van der Waals surface area (Å²) in [5, 5.41) is 11.2. The molecule has 0 spiro atoms. The van der Waals surface area contributed by atoms with Gasteiger partial charge in [-0.05, 0) is 31.7 Å². The van der Waals surface area contributed by atoms with Gasteiger partial charge in [-0.1, -0.05) is 13.8 Å².